The van der Waals surface area contributed by atoms with Crippen molar-refractivity contribution in [3.05, 3.63) is 17.6 Å². The SMILES string of the molecule is CCOCc1nc(CC)cc(NC)n1. The van der Waals surface area contributed by atoms with Gasteiger partial charge in [0.2, 0.25) is 0 Å². The first-order valence-corrected chi connectivity index (χ1v) is 4.92. The summed E-state index contributed by atoms with van der Waals surface area (Å²) < 4.78 is 5.27. The van der Waals surface area contributed by atoms with Crippen LogP contribution in [0.2, 0.25) is 0 Å². The zero-order valence-corrected chi connectivity index (χ0v) is 9.00. The largest absolute Gasteiger partial charge is 0.374 e. The summed E-state index contributed by atoms with van der Waals surface area (Å²) in [5.74, 6) is 1.60. The van der Waals surface area contributed by atoms with E-state index in [-0.39, 0.29) is 0 Å². The van der Waals surface area contributed by atoms with Gasteiger partial charge in [-0.2, -0.15) is 0 Å². The third-order valence-electron chi connectivity index (χ3n) is 1.88. The van der Waals surface area contributed by atoms with Gasteiger partial charge in [0.25, 0.3) is 0 Å². The molecule has 0 saturated carbocycles. The molecule has 4 nitrogen and oxygen atoms in total. The third kappa shape index (κ3) is 2.96. The van der Waals surface area contributed by atoms with E-state index in [9.17, 15) is 0 Å². The Labute approximate surface area is 84.7 Å². The lowest BCUT2D eigenvalue weighted by Gasteiger charge is -2.06. The van der Waals surface area contributed by atoms with Gasteiger partial charge in [0.1, 0.15) is 12.4 Å². The third-order valence-corrected chi connectivity index (χ3v) is 1.88. The predicted octanol–water partition coefficient (Wildman–Crippen LogP) is 1.62. The highest BCUT2D eigenvalue weighted by Gasteiger charge is 2.02. The van der Waals surface area contributed by atoms with Gasteiger partial charge in [-0.15, -0.1) is 0 Å². The highest BCUT2D eigenvalue weighted by atomic mass is 16.5. The zero-order valence-electron chi connectivity index (χ0n) is 9.00. The van der Waals surface area contributed by atoms with Gasteiger partial charge in [-0.3, -0.25) is 0 Å². The predicted molar refractivity (Wildman–Crippen MR) is 56.3 cm³/mol. The summed E-state index contributed by atoms with van der Waals surface area (Å²) >= 11 is 0. The normalized spacial score (nSPS) is 10.2. The fraction of sp³-hybridized carbons (Fsp3) is 0.600. The van der Waals surface area contributed by atoms with Crippen LogP contribution < -0.4 is 5.32 Å². The Balaban J connectivity index is 2.81. The van der Waals surface area contributed by atoms with Crippen molar-refractivity contribution in [1.82, 2.24) is 9.97 Å². The lowest BCUT2D eigenvalue weighted by molar-refractivity contribution is 0.128. The number of nitrogens with one attached hydrogen (secondary N) is 1. The Morgan fingerprint density at radius 2 is 2.14 bits per heavy atom. The molecule has 0 saturated heterocycles. The average Bonchev–Trinajstić information content (AvgIpc) is 2.25. The van der Waals surface area contributed by atoms with E-state index in [1.807, 2.05) is 20.0 Å². The fourth-order valence-electron chi connectivity index (χ4n) is 1.12. The van der Waals surface area contributed by atoms with Crippen LogP contribution in [0.3, 0.4) is 0 Å². The van der Waals surface area contributed by atoms with Crippen LogP contribution in [0.15, 0.2) is 6.07 Å². The summed E-state index contributed by atoms with van der Waals surface area (Å²) in [5.41, 5.74) is 1.04. The molecule has 4 heteroatoms. The molecule has 0 amide bonds. The number of hydrogen-bond acceptors (Lipinski definition) is 4. The minimum atomic E-state index is 0.485. The topological polar surface area (TPSA) is 47.0 Å². The second kappa shape index (κ2) is 5.54. The lowest BCUT2D eigenvalue weighted by Crippen LogP contribution is -2.05. The van der Waals surface area contributed by atoms with Crippen molar-refractivity contribution < 1.29 is 4.74 Å². The molecule has 78 valence electrons. The van der Waals surface area contributed by atoms with E-state index in [0.29, 0.717) is 13.2 Å². The first-order chi connectivity index (χ1) is 6.80. The van der Waals surface area contributed by atoms with Gasteiger partial charge in [-0.1, -0.05) is 6.92 Å². The van der Waals surface area contributed by atoms with Crippen LogP contribution in [0.1, 0.15) is 25.4 Å². The number of ether oxygens (including phenoxy) is 1. The van der Waals surface area contributed by atoms with E-state index in [4.69, 9.17) is 4.74 Å². The van der Waals surface area contributed by atoms with E-state index in [1.54, 1.807) is 0 Å². The molecule has 0 aliphatic rings. The molecule has 0 spiro atoms. The van der Waals surface area contributed by atoms with Crippen LogP contribution in [0, 0.1) is 0 Å². The fourth-order valence-corrected chi connectivity index (χ4v) is 1.12. The van der Waals surface area contributed by atoms with E-state index in [2.05, 4.69) is 22.2 Å². The zero-order chi connectivity index (χ0) is 10.4. The molecule has 0 aliphatic heterocycles. The molecule has 0 aliphatic carbocycles. The minimum absolute atomic E-state index is 0.485. The van der Waals surface area contributed by atoms with Crippen LogP contribution in [-0.2, 0) is 17.8 Å². The van der Waals surface area contributed by atoms with Crippen LogP contribution in [0.25, 0.3) is 0 Å². The van der Waals surface area contributed by atoms with Crippen LogP contribution in [0.4, 0.5) is 5.82 Å². The van der Waals surface area contributed by atoms with E-state index < -0.39 is 0 Å². The second-order valence-electron chi connectivity index (χ2n) is 2.90. The molecular formula is C10H17N3O. The molecule has 0 radical (unpaired) electrons. The lowest BCUT2D eigenvalue weighted by atomic mass is 10.3. The second-order valence-corrected chi connectivity index (χ2v) is 2.90. The van der Waals surface area contributed by atoms with E-state index in [1.165, 1.54) is 0 Å². The minimum Gasteiger partial charge on any atom is -0.374 e. The average molecular weight is 195 g/mol. The number of hydrogen-bond donors (Lipinski definition) is 1. The Bertz CT molecular complexity index is 266. The number of nitrogens with zero attached hydrogens (tertiary/aromatic N) is 2. The first-order valence-electron chi connectivity index (χ1n) is 4.92. The molecule has 1 aromatic heterocycles. The van der Waals surface area contributed by atoms with Gasteiger partial charge in [0, 0.05) is 25.4 Å². The summed E-state index contributed by atoms with van der Waals surface area (Å²) in [4.78, 5) is 8.65. The van der Waals surface area contributed by atoms with Crippen molar-refractivity contribution in [2.24, 2.45) is 0 Å². The summed E-state index contributed by atoms with van der Waals surface area (Å²) in [6.45, 7) is 5.21. The number of aryl methyl sites for hydroxylation is 1. The molecule has 1 aromatic rings. The van der Waals surface area contributed by atoms with Gasteiger partial charge in [0.15, 0.2) is 5.82 Å². The summed E-state index contributed by atoms with van der Waals surface area (Å²) in [7, 11) is 1.85. The van der Waals surface area contributed by atoms with Gasteiger partial charge in [-0.05, 0) is 13.3 Å². The summed E-state index contributed by atoms with van der Waals surface area (Å²) in [6, 6.07) is 1.95. The van der Waals surface area contributed by atoms with Crippen LogP contribution in [0.5, 0.6) is 0 Å². The monoisotopic (exact) mass is 195 g/mol. The molecule has 0 atom stereocenters. The standard InChI is InChI=1S/C10H17N3O/c1-4-8-6-9(11-3)13-10(12-8)7-14-5-2/h6H,4-5,7H2,1-3H3,(H,11,12,13). The van der Waals surface area contributed by atoms with Gasteiger partial charge in [0.05, 0.1) is 0 Å². The molecule has 1 rings (SSSR count). The van der Waals surface area contributed by atoms with Gasteiger partial charge < -0.3 is 10.1 Å². The number of rotatable bonds is 5. The van der Waals surface area contributed by atoms with Crippen molar-refractivity contribution in [1.29, 1.82) is 0 Å². The van der Waals surface area contributed by atoms with Crippen molar-refractivity contribution in [3.63, 3.8) is 0 Å². The number of anilines is 1. The Morgan fingerprint density at radius 3 is 2.71 bits per heavy atom. The molecule has 14 heavy (non-hydrogen) atoms. The molecule has 1 N–H and O–H groups in total. The van der Waals surface area contributed by atoms with Crippen molar-refractivity contribution in [2.75, 3.05) is 19.0 Å². The maximum atomic E-state index is 5.27. The number of aromatic nitrogens is 2. The van der Waals surface area contributed by atoms with E-state index in [0.717, 1.165) is 23.8 Å². The van der Waals surface area contributed by atoms with Crippen molar-refractivity contribution in [2.45, 2.75) is 26.9 Å². The smallest absolute Gasteiger partial charge is 0.156 e. The van der Waals surface area contributed by atoms with Gasteiger partial charge in [-0.25, -0.2) is 9.97 Å². The van der Waals surface area contributed by atoms with Crippen LogP contribution >= 0.6 is 0 Å². The molecule has 0 fully saturated rings. The molecule has 1 heterocycles. The van der Waals surface area contributed by atoms with Crippen molar-refractivity contribution in [3.8, 4) is 0 Å². The Morgan fingerprint density at radius 1 is 1.36 bits per heavy atom. The Hall–Kier alpha value is -1.16. The van der Waals surface area contributed by atoms with Crippen molar-refractivity contribution >= 4 is 5.82 Å². The molecule has 0 aromatic carbocycles. The maximum absolute atomic E-state index is 5.27. The summed E-state index contributed by atoms with van der Waals surface area (Å²) in [5, 5.41) is 3.01. The Kier molecular flexibility index (Phi) is 4.32. The quantitative estimate of drug-likeness (QED) is 0.775. The molecule has 0 unspecified atom stereocenters. The van der Waals surface area contributed by atoms with E-state index >= 15 is 0 Å². The van der Waals surface area contributed by atoms with Crippen LogP contribution in [-0.4, -0.2) is 23.6 Å². The highest BCUT2D eigenvalue weighted by molar-refractivity contribution is 5.35. The molecule has 0 bridgehead atoms. The van der Waals surface area contributed by atoms with Gasteiger partial charge >= 0.3 is 0 Å². The highest BCUT2D eigenvalue weighted by Crippen LogP contribution is 2.07. The first kappa shape index (κ1) is 10.9. The maximum Gasteiger partial charge on any atom is 0.156 e. The summed E-state index contributed by atoms with van der Waals surface area (Å²) in [6.07, 6.45) is 0.913. The molecular weight excluding hydrogens is 178 g/mol.